The second-order valence-corrected chi connectivity index (χ2v) is 7.13. The fourth-order valence-corrected chi connectivity index (χ4v) is 3.35. The summed E-state index contributed by atoms with van der Waals surface area (Å²) in [7, 11) is 0. The van der Waals surface area contributed by atoms with Crippen LogP contribution in [-0.4, -0.2) is 29.4 Å². The van der Waals surface area contributed by atoms with Crippen LogP contribution in [0.25, 0.3) is 0 Å². The third-order valence-corrected chi connectivity index (χ3v) is 5.06. The molecule has 1 aliphatic rings. The number of carbonyl (C=O) groups is 3. The van der Waals surface area contributed by atoms with E-state index in [9.17, 15) is 14.4 Å². The number of hydrogen-bond acceptors (Lipinski definition) is 4. The highest BCUT2D eigenvalue weighted by molar-refractivity contribution is 6.31. The summed E-state index contributed by atoms with van der Waals surface area (Å²) < 4.78 is 0. The molecule has 146 valence electrons. The number of nitrogens with zero attached hydrogens (tertiary/aromatic N) is 1. The Morgan fingerprint density at radius 3 is 2.46 bits per heavy atom. The van der Waals surface area contributed by atoms with E-state index >= 15 is 0 Å². The van der Waals surface area contributed by atoms with Gasteiger partial charge in [0, 0.05) is 11.1 Å². The van der Waals surface area contributed by atoms with Gasteiger partial charge in [0.2, 0.25) is 0 Å². The first kappa shape index (κ1) is 19.9. The van der Waals surface area contributed by atoms with Gasteiger partial charge in [-0.05, 0) is 31.0 Å². The molecule has 3 N–H and O–H groups in total. The summed E-state index contributed by atoms with van der Waals surface area (Å²) in [6, 6.07) is 15.3. The van der Waals surface area contributed by atoms with E-state index in [0.29, 0.717) is 10.6 Å². The van der Waals surface area contributed by atoms with Gasteiger partial charge >= 0.3 is 6.03 Å². The van der Waals surface area contributed by atoms with E-state index in [4.69, 9.17) is 11.6 Å². The van der Waals surface area contributed by atoms with Gasteiger partial charge in [-0.3, -0.25) is 15.0 Å². The normalized spacial score (nSPS) is 20.0. The second-order valence-electron chi connectivity index (χ2n) is 6.72. The van der Waals surface area contributed by atoms with Gasteiger partial charge in [0.15, 0.2) is 0 Å². The topological polar surface area (TPSA) is 90.5 Å². The fourth-order valence-electron chi connectivity index (χ4n) is 3.05. The molecule has 0 aromatic heterocycles. The molecule has 2 aromatic carbocycles. The van der Waals surface area contributed by atoms with Crippen LogP contribution in [0, 0.1) is 0 Å². The monoisotopic (exact) mass is 400 g/mol. The van der Waals surface area contributed by atoms with Gasteiger partial charge in [-0.15, -0.1) is 0 Å². The van der Waals surface area contributed by atoms with Gasteiger partial charge in [-0.2, -0.15) is 5.01 Å². The Balaban J connectivity index is 1.62. The molecule has 0 bridgehead atoms. The molecule has 7 nitrogen and oxygen atoms in total. The zero-order valence-electron chi connectivity index (χ0n) is 15.5. The molecule has 1 saturated heterocycles. The van der Waals surface area contributed by atoms with Gasteiger partial charge in [-0.1, -0.05) is 60.1 Å². The minimum absolute atomic E-state index is 0.0918. The highest BCUT2D eigenvalue weighted by Gasteiger charge is 2.49. The number of halogens is 1. The first-order valence-electron chi connectivity index (χ1n) is 8.82. The molecule has 2 atom stereocenters. The Morgan fingerprint density at radius 2 is 1.79 bits per heavy atom. The second kappa shape index (κ2) is 8.00. The number of carbonyl (C=O) groups excluding carboxylic acids is 3. The maximum Gasteiger partial charge on any atom is 0.344 e. The number of amides is 4. The lowest BCUT2D eigenvalue weighted by molar-refractivity contribution is -0.138. The summed E-state index contributed by atoms with van der Waals surface area (Å²) in [6.45, 7) is 3.38. The number of hydrogen-bond donors (Lipinski definition) is 3. The average molecular weight is 401 g/mol. The molecule has 0 spiro atoms. The Kier molecular flexibility index (Phi) is 5.67. The number of benzene rings is 2. The first-order chi connectivity index (χ1) is 13.3. The lowest BCUT2D eigenvalue weighted by atomic mass is 9.92. The largest absolute Gasteiger partial charge is 0.344 e. The highest BCUT2D eigenvalue weighted by Crippen LogP contribution is 2.27. The molecule has 8 heteroatoms. The number of imide groups is 1. The van der Waals surface area contributed by atoms with Crippen molar-refractivity contribution in [2.24, 2.45) is 0 Å². The SMILES string of the molecule is C[C@@H](NCC(=O)NN1C(=O)N[C@@](C)(c2ccccc2)C1=O)c1ccccc1Cl. The number of nitrogens with one attached hydrogen (secondary N) is 3. The fraction of sp³-hybridized carbons (Fsp3) is 0.250. The Labute approximate surface area is 168 Å². The molecular formula is C20H21ClN4O3. The standard InChI is InChI=1S/C20H21ClN4O3/c1-13(15-10-6-7-11-16(15)21)22-12-17(26)24-25-18(27)20(2,23-19(25)28)14-8-4-3-5-9-14/h3-11,13,22H,12H2,1-2H3,(H,23,28)(H,24,26)/t13-,20+/m1/s1. The minimum atomic E-state index is -1.23. The lowest BCUT2D eigenvalue weighted by Crippen LogP contribution is -2.50. The van der Waals surface area contributed by atoms with E-state index in [1.54, 1.807) is 37.3 Å². The van der Waals surface area contributed by atoms with Crippen LogP contribution in [0.5, 0.6) is 0 Å². The van der Waals surface area contributed by atoms with E-state index in [2.05, 4.69) is 16.1 Å². The molecule has 0 radical (unpaired) electrons. The molecule has 1 fully saturated rings. The van der Waals surface area contributed by atoms with Crippen LogP contribution >= 0.6 is 11.6 Å². The van der Waals surface area contributed by atoms with Crippen molar-refractivity contribution in [1.29, 1.82) is 0 Å². The molecule has 0 aliphatic carbocycles. The van der Waals surface area contributed by atoms with Gasteiger partial charge in [0.25, 0.3) is 11.8 Å². The zero-order chi connectivity index (χ0) is 20.3. The van der Waals surface area contributed by atoms with Crippen molar-refractivity contribution in [2.45, 2.75) is 25.4 Å². The quantitative estimate of drug-likeness (QED) is 0.650. The third-order valence-electron chi connectivity index (χ3n) is 4.72. The Bertz CT molecular complexity index is 905. The zero-order valence-corrected chi connectivity index (χ0v) is 16.3. The van der Waals surface area contributed by atoms with Crippen LogP contribution in [0.15, 0.2) is 54.6 Å². The maximum absolute atomic E-state index is 12.8. The van der Waals surface area contributed by atoms with Crippen molar-refractivity contribution in [2.75, 3.05) is 6.54 Å². The van der Waals surface area contributed by atoms with E-state index < -0.39 is 23.4 Å². The molecule has 0 saturated carbocycles. The van der Waals surface area contributed by atoms with Crippen molar-refractivity contribution in [1.82, 2.24) is 21.1 Å². The Hall–Kier alpha value is -2.90. The van der Waals surface area contributed by atoms with Gasteiger partial charge < -0.3 is 10.6 Å². The van der Waals surface area contributed by atoms with E-state index in [-0.39, 0.29) is 12.6 Å². The molecule has 2 aromatic rings. The van der Waals surface area contributed by atoms with E-state index in [0.717, 1.165) is 10.6 Å². The average Bonchev–Trinajstić information content (AvgIpc) is 2.91. The van der Waals surface area contributed by atoms with Crippen LogP contribution < -0.4 is 16.1 Å². The number of urea groups is 1. The van der Waals surface area contributed by atoms with Crippen LogP contribution in [0.3, 0.4) is 0 Å². The first-order valence-corrected chi connectivity index (χ1v) is 9.20. The van der Waals surface area contributed by atoms with Crippen LogP contribution in [0.2, 0.25) is 5.02 Å². The van der Waals surface area contributed by atoms with Gasteiger partial charge in [0.1, 0.15) is 5.54 Å². The van der Waals surface area contributed by atoms with Gasteiger partial charge in [0.05, 0.1) is 6.54 Å². The summed E-state index contributed by atoms with van der Waals surface area (Å²) in [4.78, 5) is 37.3. The molecular weight excluding hydrogens is 380 g/mol. The number of hydrazine groups is 1. The predicted molar refractivity (Wildman–Crippen MR) is 105 cm³/mol. The summed E-state index contributed by atoms with van der Waals surface area (Å²) >= 11 is 6.15. The molecule has 1 aliphatic heterocycles. The lowest BCUT2D eigenvalue weighted by Gasteiger charge is -2.22. The van der Waals surface area contributed by atoms with E-state index in [1.165, 1.54) is 0 Å². The van der Waals surface area contributed by atoms with E-state index in [1.807, 2.05) is 31.2 Å². The molecule has 4 amide bonds. The van der Waals surface area contributed by atoms with Crippen molar-refractivity contribution in [3.63, 3.8) is 0 Å². The van der Waals surface area contributed by atoms with Crippen LogP contribution in [-0.2, 0) is 15.1 Å². The van der Waals surface area contributed by atoms with Crippen molar-refractivity contribution in [3.05, 3.63) is 70.7 Å². The molecule has 1 heterocycles. The minimum Gasteiger partial charge on any atom is -0.318 e. The molecule has 3 rings (SSSR count). The van der Waals surface area contributed by atoms with Crippen molar-refractivity contribution < 1.29 is 14.4 Å². The molecule has 0 unspecified atom stereocenters. The van der Waals surface area contributed by atoms with Gasteiger partial charge in [-0.25, -0.2) is 4.79 Å². The maximum atomic E-state index is 12.8. The van der Waals surface area contributed by atoms with Crippen LogP contribution in [0.1, 0.15) is 31.0 Å². The summed E-state index contributed by atoms with van der Waals surface area (Å²) in [5.74, 6) is -1.06. The van der Waals surface area contributed by atoms with Crippen molar-refractivity contribution in [3.8, 4) is 0 Å². The molecule has 28 heavy (non-hydrogen) atoms. The highest BCUT2D eigenvalue weighted by atomic mass is 35.5. The summed E-state index contributed by atoms with van der Waals surface area (Å²) in [6.07, 6.45) is 0. The van der Waals surface area contributed by atoms with Crippen molar-refractivity contribution >= 4 is 29.4 Å². The predicted octanol–water partition coefficient (Wildman–Crippen LogP) is 2.49. The summed E-state index contributed by atoms with van der Waals surface area (Å²) in [5, 5.41) is 6.98. The Morgan fingerprint density at radius 1 is 1.14 bits per heavy atom. The van der Waals surface area contributed by atoms with Crippen LogP contribution in [0.4, 0.5) is 4.79 Å². The smallest absolute Gasteiger partial charge is 0.318 e. The summed E-state index contributed by atoms with van der Waals surface area (Å²) in [5.41, 5.74) is 2.62. The number of rotatable bonds is 6. The third kappa shape index (κ3) is 3.85.